The second-order valence-corrected chi connectivity index (χ2v) is 6.35. The number of halogens is 1. The molecule has 1 aromatic heterocycles. The highest BCUT2D eigenvalue weighted by molar-refractivity contribution is 6.02. The predicted octanol–water partition coefficient (Wildman–Crippen LogP) is 4.30. The van der Waals surface area contributed by atoms with Crippen molar-refractivity contribution in [1.29, 1.82) is 0 Å². The first-order valence-corrected chi connectivity index (χ1v) is 8.93. The molecule has 0 spiro atoms. The van der Waals surface area contributed by atoms with Crippen molar-refractivity contribution in [1.82, 2.24) is 9.97 Å². The van der Waals surface area contributed by atoms with E-state index in [1.54, 1.807) is 37.4 Å². The maximum atomic E-state index is 14.3. The van der Waals surface area contributed by atoms with E-state index in [-0.39, 0.29) is 23.4 Å². The Kier molecular flexibility index (Phi) is 4.99. The number of nitrogens with one attached hydrogen (secondary N) is 1. The molecule has 1 N–H and O–H groups in total. The van der Waals surface area contributed by atoms with Crippen molar-refractivity contribution >= 4 is 17.4 Å². The number of methoxy groups -OCH3 is 2. The highest BCUT2D eigenvalue weighted by Gasteiger charge is 2.25. The molecule has 148 valence electrons. The van der Waals surface area contributed by atoms with Crippen molar-refractivity contribution in [2.75, 3.05) is 19.5 Å². The Morgan fingerprint density at radius 3 is 2.72 bits per heavy atom. The minimum Gasteiger partial charge on any atom is -0.497 e. The zero-order valence-electron chi connectivity index (χ0n) is 15.9. The topological polar surface area (TPSA) is 82.6 Å². The summed E-state index contributed by atoms with van der Waals surface area (Å²) in [5.74, 6) is 0.499. The van der Waals surface area contributed by atoms with Crippen LogP contribution in [0.5, 0.6) is 23.1 Å². The molecule has 0 saturated carbocycles. The van der Waals surface area contributed by atoms with Crippen LogP contribution in [0.1, 0.15) is 22.3 Å². The molecule has 0 saturated heterocycles. The van der Waals surface area contributed by atoms with Crippen LogP contribution in [0.4, 0.5) is 16.0 Å². The second kappa shape index (κ2) is 7.75. The van der Waals surface area contributed by atoms with Gasteiger partial charge in [-0.1, -0.05) is 12.1 Å². The summed E-state index contributed by atoms with van der Waals surface area (Å²) >= 11 is 0. The maximum absolute atomic E-state index is 14.3. The number of benzene rings is 2. The van der Waals surface area contributed by atoms with Crippen LogP contribution in [0.2, 0.25) is 0 Å². The van der Waals surface area contributed by atoms with Crippen LogP contribution < -0.4 is 19.5 Å². The Morgan fingerprint density at radius 2 is 1.93 bits per heavy atom. The zero-order chi connectivity index (χ0) is 20.4. The monoisotopic (exact) mass is 395 g/mol. The number of nitrogens with zero attached hydrogens (tertiary/aromatic N) is 2. The average Bonchev–Trinajstić information content (AvgIpc) is 3.12. The number of ketones is 1. The minimum absolute atomic E-state index is 0.0219. The van der Waals surface area contributed by atoms with Crippen LogP contribution >= 0.6 is 0 Å². The van der Waals surface area contributed by atoms with E-state index in [1.165, 1.54) is 7.11 Å². The molecule has 2 aromatic carbocycles. The summed E-state index contributed by atoms with van der Waals surface area (Å²) in [4.78, 5) is 20.2. The summed E-state index contributed by atoms with van der Waals surface area (Å²) in [6, 6.07) is 10.4. The molecule has 0 fully saturated rings. The van der Waals surface area contributed by atoms with Crippen molar-refractivity contribution in [3.8, 4) is 23.1 Å². The first kappa shape index (κ1) is 18.7. The fourth-order valence-electron chi connectivity index (χ4n) is 3.17. The second-order valence-electron chi connectivity index (χ2n) is 6.35. The van der Waals surface area contributed by atoms with Gasteiger partial charge in [0.05, 0.1) is 31.7 Å². The lowest BCUT2D eigenvalue weighted by molar-refractivity contribution is 0.0992. The van der Waals surface area contributed by atoms with E-state index in [2.05, 4.69) is 15.3 Å². The molecule has 0 atom stereocenters. The van der Waals surface area contributed by atoms with Gasteiger partial charge < -0.3 is 19.5 Å². The summed E-state index contributed by atoms with van der Waals surface area (Å²) in [5.41, 5.74) is 1.95. The number of aromatic nitrogens is 2. The number of hydrogen-bond acceptors (Lipinski definition) is 7. The predicted molar refractivity (Wildman–Crippen MR) is 104 cm³/mol. The quantitative estimate of drug-likeness (QED) is 0.666. The van der Waals surface area contributed by atoms with E-state index in [4.69, 9.17) is 14.2 Å². The third-order valence-corrected chi connectivity index (χ3v) is 4.59. The molecule has 4 rings (SSSR count). The Morgan fingerprint density at radius 1 is 1.07 bits per heavy atom. The summed E-state index contributed by atoms with van der Waals surface area (Å²) < 4.78 is 30.4. The van der Waals surface area contributed by atoms with Gasteiger partial charge in [-0.3, -0.25) is 4.79 Å². The van der Waals surface area contributed by atoms with Crippen molar-refractivity contribution in [3.63, 3.8) is 0 Å². The standard InChI is InChI=1S/C21H18FN3O4/c1-27-13-7-8-15(18(10-13)28-2)24-21-23-11-14(22)20(25-21)29-17-5-3-4-12-6-9-16(26)19(12)17/h3-5,7-8,10-11H,6,9H2,1-2H3,(H,23,24,25). The molecule has 1 aliphatic rings. The van der Waals surface area contributed by atoms with Gasteiger partial charge in [0.15, 0.2) is 5.78 Å². The molecular formula is C21H18FN3O4. The molecule has 0 amide bonds. The number of hydrogen-bond donors (Lipinski definition) is 1. The number of rotatable bonds is 6. The van der Waals surface area contributed by atoms with Gasteiger partial charge in [-0.05, 0) is 30.2 Å². The largest absolute Gasteiger partial charge is 0.497 e. The van der Waals surface area contributed by atoms with Gasteiger partial charge in [-0.15, -0.1) is 0 Å². The lowest BCUT2D eigenvalue weighted by atomic mass is 10.1. The molecule has 7 nitrogen and oxygen atoms in total. The Labute approximate surface area is 166 Å². The highest BCUT2D eigenvalue weighted by atomic mass is 19.1. The summed E-state index contributed by atoms with van der Waals surface area (Å²) in [5, 5.41) is 2.97. The van der Waals surface area contributed by atoms with Gasteiger partial charge in [0.1, 0.15) is 17.2 Å². The zero-order valence-corrected chi connectivity index (χ0v) is 15.9. The third kappa shape index (κ3) is 3.69. The van der Waals surface area contributed by atoms with Gasteiger partial charge in [0, 0.05) is 12.5 Å². The van der Waals surface area contributed by atoms with Crippen LogP contribution in [0.3, 0.4) is 0 Å². The molecule has 1 aliphatic carbocycles. The fourth-order valence-corrected chi connectivity index (χ4v) is 3.17. The van der Waals surface area contributed by atoms with Crippen molar-refractivity contribution in [3.05, 3.63) is 59.5 Å². The number of aryl methyl sites for hydroxylation is 1. The molecule has 29 heavy (non-hydrogen) atoms. The SMILES string of the molecule is COc1ccc(Nc2ncc(F)c(Oc3cccc4c3C(=O)CC4)n2)c(OC)c1. The van der Waals surface area contributed by atoms with Crippen LogP contribution in [-0.2, 0) is 6.42 Å². The normalized spacial score (nSPS) is 12.4. The highest BCUT2D eigenvalue weighted by Crippen LogP contribution is 2.35. The smallest absolute Gasteiger partial charge is 0.260 e. The van der Waals surface area contributed by atoms with E-state index in [1.807, 2.05) is 6.07 Å². The first-order valence-electron chi connectivity index (χ1n) is 8.93. The van der Waals surface area contributed by atoms with Crippen molar-refractivity contribution in [2.24, 2.45) is 0 Å². The van der Waals surface area contributed by atoms with Crippen LogP contribution in [0.25, 0.3) is 0 Å². The summed E-state index contributed by atoms with van der Waals surface area (Å²) in [6.45, 7) is 0. The van der Waals surface area contributed by atoms with Crippen LogP contribution in [0, 0.1) is 5.82 Å². The number of anilines is 2. The van der Waals surface area contributed by atoms with Crippen LogP contribution in [0.15, 0.2) is 42.6 Å². The van der Waals surface area contributed by atoms with E-state index in [0.717, 1.165) is 11.8 Å². The Bertz CT molecular complexity index is 1090. The van der Waals surface area contributed by atoms with Gasteiger partial charge in [-0.25, -0.2) is 4.98 Å². The molecular weight excluding hydrogens is 377 g/mol. The molecule has 8 heteroatoms. The Hall–Kier alpha value is -3.68. The molecule has 1 heterocycles. The lowest BCUT2D eigenvalue weighted by Gasteiger charge is -2.13. The third-order valence-electron chi connectivity index (χ3n) is 4.59. The molecule has 3 aromatic rings. The summed E-state index contributed by atoms with van der Waals surface area (Å²) in [7, 11) is 3.08. The number of fused-ring (bicyclic) bond motifs is 1. The van der Waals surface area contributed by atoms with Gasteiger partial charge in [0.25, 0.3) is 5.88 Å². The molecule has 0 radical (unpaired) electrons. The average molecular weight is 395 g/mol. The van der Waals surface area contributed by atoms with Crippen molar-refractivity contribution in [2.45, 2.75) is 12.8 Å². The fraction of sp³-hybridized carbons (Fsp3) is 0.190. The van der Waals surface area contributed by atoms with E-state index < -0.39 is 5.82 Å². The maximum Gasteiger partial charge on any atom is 0.260 e. The molecule has 0 bridgehead atoms. The van der Waals surface area contributed by atoms with Crippen molar-refractivity contribution < 1.29 is 23.4 Å². The first-order chi connectivity index (χ1) is 14.1. The number of Topliss-reactive ketones (excluding diaryl/α,β-unsaturated/α-hetero) is 1. The lowest BCUT2D eigenvalue weighted by Crippen LogP contribution is -2.04. The number of carbonyl (C=O) groups excluding carboxylic acids is 1. The summed E-state index contributed by atoms with van der Waals surface area (Å²) in [6.07, 6.45) is 2.08. The van der Waals surface area contributed by atoms with Gasteiger partial charge in [0.2, 0.25) is 11.8 Å². The van der Waals surface area contributed by atoms with E-state index in [9.17, 15) is 9.18 Å². The van der Waals surface area contributed by atoms with Crippen LogP contribution in [-0.4, -0.2) is 30.0 Å². The molecule has 0 unspecified atom stereocenters. The number of carbonyl (C=O) groups is 1. The van der Waals surface area contributed by atoms with E-state index >= 15 is 0 Å². The Balaban J connectivity index is 1.63. The number of ether oxygens (including phenoxy) is 3. The molecule has 0 aliphatic heterocycles. The van der Waals surface area contributed by atoms with Gasteiger partial charge >= 0.3 is 0 Å². The van der Waals surface area contributed by atoms with E-state index in [0.29, 0.717) is 35.6 Å². The minimum atomic E-state index is -0.736. The van der Waals surface area contributed by atoms with Gasteiger partial charge in [-0.2, -0.15) is 9.37 Å².